The van der Waals surface area contributed by atoms with Crippen LogP contribution in [0.2, 0.25) is 0 Å². The molecule has 6 nitrogen and oxygen atoms in total. The monoisotopic (exact) mass is 396 g/mol. The normalized spacial score (nSPS) is 11.1. The summed E-state index contributed by atoms with van der Waals surface area (Å²) >= 11 is 0. The molecule has 0 saturated heterocycles. The van der Waals surface area contributed by atoms with E-state index in [-0.39, 0.29) is 0 Å². The zero-order valence-electron chi connectivity index (χ0n) is 16.1. The highest BCUT2D eigenvalue weighted by molar-refractivity contribution is 5.84. The second-order valence-corrected chi connectivity index (χ2v) is 6.85. The van der Waals surface area contributed by atoms with Crippen molar-refractivity contribution in [1.29, 1.82) is 0 Å². The third kappa shape index (κ3) is 2.97. The summed E-state index contributed by atoms with van der Waals surface area (Å²) in [5.41, 5.74) is 11.1. The van der Waals surface area contributed by atoms with Crippen LogP contribution in [0.15, 0.2) is 72.9 Å². The predicted molar refractivity (Wildman–Crippen MR) is 114 cm³/mol. The molecule has 0 amide bonds. The van der Waals surface area contributed by atoms with Gasteiger partial charge < -0.3 is 5.73 Å². The topological polar surface area (TPSA) is 82.5 Å². The standard InChI is InChI=1S/C23H17FN6/c1-14-19(11-12-20(24)27-14)30-22(16-8-5-13-26-21(16)25)29-18-10-9-17(28-23(18)30)15-6-3-2-4-7-15/h2-13H,1H3,(H2,25,26). The molecule has 0 aliphatic carbocycles. The van der Waals surface area contributed by atoms with E-state index in [0.29, 0.717) is 39.8 Å². The van der Waals surface area contributed by atoms with Crippen LogP contribution >= 0.6 is 0 Å². The van der Waals surface area contributed by atoms with Gasteiger partial charge in [-0.15, -0.1) is 0 Å². The highest BCUT2D eigenvalue weighted by Crippen LogP contribution is 2.32. The number of nitrogens with zero attached hydrogens (tertiary/aromatic N) is 5. The highest BCUT2D eigenvalue weighted by Gasteiger charge is 2.20. The molecule has 0 atom stereocenters. The minimum atomic E-state index is -0.541. The van der Waals surface area contributed by atoms with E-state index in [1.165, 1.54) is 6.07 Å². The number of imidazole rings is 1. The Kier molecular flexibility index (Phi) is 4.21. The van der Waals surface area contributed by atoms with Crippen molar-refractivity contribution in [3.63, 3.8) is 0 Å². The number of aromatic nitrogens is 5. The first-order valence-electron chi connectivity index (χ1n) is 9.41. The summed E-state index contributed by atoms with van der Waals surface area (Å²) in [5.74, 6) is 0.385. The molecule has 4 heterocycles. The van der Waals surface area contributed by atoms with Gasteiger partial charge in [-0.3, -0.25) is 4.57 Å². The fraction of sp³-hybridized carbons (Fsp3) is 0.0435. The second kappa shape index (κ2) is 7.04. The summed E-state index contributed by atoms with van der Waals surface area (Å²) in [7, 11) is 0. The van der Waals surface area contributed by atoms with Crippen LogP contribution < -0.4 is 5.73 Å². The predicted octanol–water partition coefficient (Wildman–Crippen LogP) is 4.57. The maximum absolute atomic E-state index is 13.7. The molecule has 0 unspecified atom stereocenters. The Balaban J connectivity index is 1.84. The van der Waals surface area contributed by atoms with Crippen LogP contribution in [0.1, 0.15) is 5.69 Å². The summed E-state index contributed by atoms with van der Waals surface area (Å²) in [6, 6.07) is 20.4. The summed E-state index contributed by atoms with van der Waals surface area (Å²) in [6.07, 6.45) is 1.63. The van der Waals surface area contributed by atoms with Gasteiger partial charge in [-0.05, 0) is 43.3 Å². The lowest BCUT2D eigenvalue weighted by atomic mass is 10.1. The first-order valence-corrected chi connectivity index (χ1v) is 9.41. The Morgan fingerprint density at radius 1 is 0.867 bits per heavy atom. The number of rotatable bonds is 3. The second-order valence-electron chi connectivity index (χ2n) is 6.85. The van der Waals surface area contributed by atoms with Gasteiger partial charge in [-0.25, -0.2) is 19.9 Å². The van der Waals surface area contributed by atoms with E-state index in [1.54, 1.807) is 25.3 Å². The van der Waals surface area contributed by atoms with Crippen LogP contribution in [-0.4, -0.2) is 24.5 Å². The molecule has 2 N–H and O–H groups in total. The lowest BCUT2D eigenvalue weighted by molar-refractivity contribution is 0.579. The molecule has 0 saturated carbocycles. The van der Waals surface area contributed by atoms with Gasteiger partial charge in [-0.1, -0.05) is 30.3 Å². The zero-order valence-corrected chi connectivity index (χ0v) is 16.1. The van der Waals surface area contributed by atoms with Gasteiger partial charge in [0.25, 0.3) is 0 Å². The first-order chi connectivity index (χ1) is 14.6. The molecule has 0 aliphatic heterocycles. The molecular formula is C23H17FN6. The van der Waals surface area contributed by atoms with E-state index < -0.39 is 5.95 Å². The smallest absolute Gasteiger partial charge is 0.213 e. The van der Waals surface area contributed by atoms with Crippen LogP contribution in [-0.2, 0) is 0 Å². The summed E-state index contributed by atoms with van der Waals surface area (Å²) < 4.78 is 15.6. The van der Waals surface area contributed by atoms with Gasteiger partial charge >= 0.3 is 0 Å². The Morgan fingerprint density at radius 3 is 2.47 bits per heavy atom. The SMILES string of the molecule is Cc1nc(F)ccc1-n1c(-c2cccnc2N)nc2ccc(-c3ccccc3)nc21. The minimum Gasteiger partial charge on any atom is -0.383 e. The van der Waals surface area contributed by atoms with E-state index in [0.717, 1.165) is 11.3 Å². The van der Waals surface area contributed by atoms with Crippen LogP contribution in [0.3, 0.4) is 0 Å². The van der Waals surface area contributed by atoms with Crippen molar-refractivity contribution < 1.29 is 4.39 Å². The molecule has 5 rings (SSSR count). The third-order valence-electron chi connectivity index (χ3n) is 4.92. The Bertz CT molecular complexity index is 1380. The molecule has 4 aromatic heterocycles. The van der Waals surface area contributed by atoms with E-state index in [4.69, 9.17) is 15.7 Å². The third-order valence-corrected chi connectivity index (χ3v) is 4.92. The van der Waals surface area contributed by atoms with Crippen molar-refractivity contribution in [2.24, 2.45) is 0 Å². The average Bonchev–Trinajstić information content (AvgIpc) is 3.13. The van der Waals surface area contributed by atoms with E-state index in [9.17, 15) is 4.39 Å². The molecule has 30 heavy (non-hydrogen) atoms. The molecule has 146 valence electrons. The van der Waals surface area contributed by atoms with Crippen molar-refractivity contribution in [3.05, 3.63) is 84.6 Å². The van der Waals surface area contributed by atoms with Gasteiger partial charge in [0.1, 0.15) is 11.3 Å². The van der Waals surface area contributed by atoms with E-state index in [2.05, 4.69) is 9.97 Å². The number of fused-ring (bicyclic) bond motifs is 1. The van der Waals surface area contributed by atoms with Crippen LogP contribution in [0.5, 0.6) is 0 Å². The van der Waals surface area contributed by atoms with Gasteiger partial charge in [-0.2, -0.15) is 4.39 Å². The molecule has 0 radical (unpaired) electrons. The van der Waals surface area contributed by atoms with Crippen LogP contribution in [0.25, 0.3) is 39.5 Å². The van der Waals surface area contributed by atoms with Gasteiger partial charge in [0.15, 0.2) is 11.5 Å². The molecule has 1 aromatic carbocycles. The zero-order chi connectivity index (χ0) is 20.7. The molecule has 0 bridgehead atoms. The first kappa shape index (κ1) is 17.9. The fourth-order valence-corrected chi connectivity index (χ4v) is 3.50. The number of halogens is 1. The fourth-order valence-electron chi connectivity index (χ4n) is 3.50. The molecule has 0 fully saturated rings. The quantitative estimate of drug-likeness (QED) is 0.452. The number of benzene rings is 1. The Labute approximate surface area is 171 Å². The van der Waals surface area contributed by atoms with Crippen LogP contribution in [0, 0.1) is 12.9 Å². The number of nitrogen functional groups attached to an aromatic ring is 1. The van der Waals surface area contributed by atoms with Gasteiger partial charge in [0.05, 0.1) is 22.6 Å². The average molecular weight is 396 g/mol. The molecule has 5 aromatic rings. The van der Waals surface area contributed by atoms with Gasteiger partial charge in [0, 0.05) is 11.8 Å². The number of aryl methyl sites for hydroxylation is 1. The maximum Gasteiger partial charge on any atom is 0.213 e. The summed E-state index contributed by atoms with van der Waals surface area (Å²) in [6.45, 7) is 1.75. The minimum absolute atomic E-state index is 0.352. The van der Waals surface area contributed by atoms with E-state index >= 15 is 0 Å². The van der Waals surface area contributed by atoms with Gasteiger partial charge in [0.2, 0.25) is 5.95 Å². The largest absolute Gasteiger partial charge is 0.383 e. The summed E-state index contributed by atoms with van der Waals surface area (Å²) in [5, 5.41) is 0. The van der Waals surface area contributed by atoms with Crippen LogP contribution in [0.4, 0.5) is 10.2 Å². The number of hydrogen-bond acceptors (Lipinski definition) is 5. The van der Waals surface area contributed by atoms with Crippen molar-refractivity contribution in [1.82, 2.24) is 24.5 Å². The molecular weight excluding hydrogens is 379 g/mol. The lowest BCUT2D eigenvalue weighted by Crippen LogP contribution is -2.05. The molecule has 7 heteroatoms. The number of pyridine rings is 3. The Hall–Kier alpha value is -4.13. The van der Waals surface area contributed by atoms with E-state index in [1.807, 2.05) is 53.1 Å². The van der Waals surface area contributed by atoms with Crippen molar-refractivity contribution >= 4 is 17.0 Å². The lowest BCUT2D eigenvalue weighted by Gasteiger charge is -2.12. The molecule has 0 aliphatic rings. The number of nitrogens with two attached hydrogens (primary N) is 1. The number of anilines is 1. The maximum atomic E-state index is 13.7. The van der Waals surface area contributed by atoms with Crippen molar-refractivity contribution in [2.45, 2.75) is 6.92 Å². The summed E-state index contributed by atoms with van der Waals surface area (Å²) in [4.78, 5) is 17.8. The van der Waals surface area contributed by atoms with Crippen molar-refractivity contribution in [3.8, 4) is 28.3 Å². The number of hydrogen-bond donors (Lipinski definition) is 1. The highest BCUT2D eigenvalue weighted by atomic mass is 19.1. The van der Waals surface area contributed by atoms with Crippen molar-refractivity contribution in [2.75, 3.05) is 5.73 Å². The molecule has 0 spiro atoms. The Morgan fingerprint density at radius 2 is 1.70 bits per heavy atom.